The average molecular weight is 264 g/mol. The first-order valence-corrected chi connectivity index (χ1v) is 5.79. The van der Waals surface area contributed by atoms with Crippen molar-refractivity contribution in [1.82, 2.24) is 4.98 Å². The highest BCUT2D eigenvalue weighted by Crippen LogP contribution is 2.21. The van der Waals surface area contributed by atoms with Crippen molar-refractivity contribution in [3.05, 3.63) is 59.4 Å². The number of methoxy groups -OCH3 is 1. The molecule has 1 heterocycles. The summed E-state index contributed by atoms with van der Waals surface area (Å²) in [5.41, 5.74) is 7.26. The van der Waals surface area contributed by atoms with E-state index in [1.54, 1.807) is 12.1 Å². The summed E-state index contributed by atoms with van der Waals surface area (Å²) in [5.74, 6) is -0.650. The zero-order valence-corrected chi connectivity index (χ0v) is 10.4. The summed E-state index contributed by atoms with van der Waals surface area (Å²) in [7, 11) is 1.41. The zero-order chi connectivity index (χ0) is 13.8. The topological polar surface area (TPSA) is 48.1 Å². The molecular formula is C14H14F2N2O. The van der Waals surface area contributed by atoms with E-state index in [4.69, 9.17) is 10.5 Å². The Morgan fingerprint density at radius 1 is 1.26 bits per heavy atom. The van der Waals surface area contributed by atoms with Gasteiger partial charge in [0, 0.05) is 0 Å². The molecule has 1 unspecified atom stereocenters. The first-order valence-electron chi connectivity index (χ1n) is 5.79. The average Bonchev–Trinajstić information content (AvgIpc) is 2.39. The first-order chi connectivity index (χ1) is 9.10. The van der Waals surface area contributed by atoms with Crippen LogP contribution in [0.3, 0.4) is 0 Å². The molecule has 2 rings (SSSR count). The molecule has 1 aromatic heterocycles. The highest BCUT2D eigenvalue weighted by molar-refractivity contribution is 5.30. The molecule has 2 aromatic rings. The maximum Gasteiger partial charge on any atom is 0.165 e. The second-order valence-corrected chi connectivity index (χ2v) is 4.18. The van der Waals surface area contributed by atoms with E-state index in [1.807, 2.05) is 0 Å². The molecule has 0 fully saturated rings. The summed E-state index contributed by atoms with van der Waals surface area (Å²) in [5, 5.41) is 0. The van der Waals surface area contributed by atoms with Crippen LogP contribution in [0.5, 0.6) is 5.75 Å². The Bertz CT molecular complexity index is 558. The van der Waals surface area contributed by atoms with Crippen LogP contribution in [0.1, 0.15) is 17.3 Å². The lowest BCUT2D eigenvalue weighted by Crippen LogP contribution is -2.15. The van der Waals surface area contributed by atoms with Crippen molar-refractivity contribution in [2.24, 2.45) is 5.73 Å². The minimum Gasteiger partial charge on any atom is -0.494 e. The van der Waals surface area contributed by atoms with Crippen LogP contribution in [-0.4, -0.2) is 12.1 Å². The normalized spacial score (nSPS) is 12.2. The minimum absolute atomic E-state index is 0.192. The number of pyridine rings is 1. The number of hydrogen-bond acceptors (Lipinski definition) is 3. The number of rotatable bonds is 4. The standard InChI is InChI=1S/C14H14F2N2O/c1-19-14-5-2-9(6-11(14)16)7-12(17)13-4-3-10(15)8-18-13/h2-6,8,12H,7,17H2,1H3. The fourth-order valence-corrected chi connectivity index (χ4v) is 1.80. The number of nitrogens with zero attached hydrogens (tertiary/aromatic N) is 1. The van der Waals surface area contributed by atoms with Gasteiger partial charge < -0.3 is 10.5 Å². The van der Waals surface area contributed by atoms with Gasteiger partial charge in [-0.15, -0.1) is 0 Å². The van der Waals surface area contributed by atoms with Crippen molar-refractivity contribution in [3.63, 3.8) is 0 Å². The van der Waals surface area contributed by atoms with Crippen LogP contribution in [-0.2, 0) is 6.42 Å². The molecule has 0 aliphatic heterocycles. The Morgan fingerprint density at radius 2 is 2.05 bits per heavy atom. The SMILES string of the molecule is COc1ccc(CC(N)c2ccc(F)cn2)cc1F. The third-order valence-corrected chi connectivity index (χ3v) is 2.80. The van der Waals surface area contributed by atoms with Crippen LogP contribution in [0.15, 0.2) is 36.5 Å². The summed E-state index contributed by atoms with van der Waals surface area (Å²) in [4.78, 5) is 3.91. The predicted molar refractivity (Wildman–Crippen MR) is 67.8 cm³/mol. The zero-order valence-electron chi connectivity index (χ0n) is 10.4. The van der Waals surface area contributed by atoms with Crippen molar-refractivity contribution in [3.8, 4) is 5.75 Å². The Labute approximate surface area is 110 Å². The molecule has 0 aliphatic rings. The fraction of sp³-hybridized carbons (Fsp3) is 0.214. The Kier molecular flexibility index (Phi) is 4.06. The van der Waals surface area contributed by atoms with Crippen LogP contribution in [0.2, 0.25) is 0 Å². The molecule has 1 aromatic carbocycles. The maximum absolute atomic E-state index is 13.5. The lowest BCUT2D eigenvalue weighted by molar-refractivity contribution is 0.386. The molecule has 100 valence electrons. The van der Waals surface area contributed by atoms with Gasteiger partial charge >= 0.3 is 0 Å². The summed E-state index contributed by atoms with van der Waals surface area (Å²) >= 11 is 0. The quantitative estimate of drug-likeness (QED) is 0.923. The van der Waals surface area contributed by atoms with E-state index in [1.165, 1.54) is 25.3 Å². The fourth-order valence-electron chi connectivity index (χ4n) is 1.80. The lowest BCUT2D eigenvalue weighted by atomic mass is 10.0. The van der Waals surface area contributed by atoms with E-state index in [0.717, 1.165) is 11.8 Å². The van der Waals surface area contributed by atoms with Crippen LogP contribution < -0.4 is 10.5 Å². The van der Waals surface area contributed by atoms with Crippen molar-refractivity contribution in [2.45, 2.75) is 12.5 Å². The minimum atomic E-state index is -0.431. The second kappa shape index (κ2) is 5.75. The van der Waals surface area contributed by atoms with Crippen molar-refractivity contribution < 1.29 is 13.5 Å². The van der Waals surface area contributed by atoms with Crippen LogP contribution in [0.25, 0.3) is 0 Å². The maximum atomic E-state index is 13.5. The third-order valence-electron chi connectivity index (χ3n) is 2.80. The second-order valence-electron chi connectivity index (χ2n) is 4.18. The number of hydrogen-bond donors (Lipinski definition) is 1. The number of aromatic nitrogens is 1. The van der Waals surface area contributed by atoms with Gasteiger partial charge in [-0.3, -0.25) is 4.98 Å². The molecule has 2 N–H and O–H groups in total. The van der Waals surface area contributed by atoms with Gasteiger partial charge in [0.25, 0.3) is 0 Å². The van der Waals surface area contributed by atoms with Crippen LogP contribution >= 0.6 is 0 Å². The summed E-state index contributed by atoms with van der Waals surface area (Å²) in [6.07, 6.45) is 1.53. The largest absolute Gasteiger partial charge is 0.494 e. The van der Waals surface area contributed by atoms with Gasteiger partial charge in [0.05, 0.1) is 25.0 Å². The van der Waals surface area contributed by atoms with E-state index in [2.05, 4.69) is 4.98 Å². The third kappa shape index (κ3) is 3.26. The molecule has 0 bridgehead atoms. The Morgan fingerprint density at radius 3 is 2.63 bits per heavy atom. The summed E-state index contributed by atoms with van der Waals surface area (Å²) in [6.45, 7) is 0. The summed E-state index contributed by atoms with van der Waals surface area (Å²) in [6, 6.07) is 7.09. The molecule has 0 saturated carbocycles. The molecule has 0 radical (unpaired) electrons. The molecule has 0 saturated heterocycles. The van der Waals surface area contributed by atoms with Gasteiger partial charge in [0.2, 0.25) is 0 Å². The van der Waals surface area contributed by atoms with Gasteiger partial charge in [-0.05, 0) is 36.2 Å². The van der Waals surface area contributed by atoms with Gasteiger partial charge in [0.15, 0.2) is 11.6 Å². The molecule has 0 aliphatic carbocycles. The van der Waals surface area contributed by atoms with E-state index >= 15 is 0 Å². The molecular weight excluding hydrogens is 250 g/mol. The van der Waals surface area contributed by atoms with Crippen molar-refractivity contribution in [1.29, 1.82) is 0 Å². The van der Waals surface area contributed by atoms with Gasteiger partial charge in [0.1, 0.15) is 5.82 Å². The number of halogens is 2. The summed E-state index contributed by atoms with van der Waals surface area (Å²) < 4.78 is 31.1. The highest BCUT2D eigenvalue weighted by Gasteiger charge is 2.11. The lowest BCUT2D eigenvalue weighted by Gasteiger charge is -2.12. The van der Waals surface area contributed by atoms with E-state index in [9.17, 15) is 8.78 Å². The van der Waals surface area contributed by atoms with Crippen LogP contribution in [0.4, 0.5) is 8.78 Å². The van der Waals surface area contributed by atoms with Crippen molar-refractivity contribution in [2.75, 3.05) is 7.11 Å². The first kappa shape index (κ1) is 13.4. The van der Waals surface area contributed by atoms with Gasteiger partial charge in [-0.1, -0.05) is 6.07 Å². The van der Waals surface area contributed by atoms with Gasteiger partial charge in [-0.25, -0.2) is 8.78 Å². The van der Waals surface area contributed by atoms with Gasteiger partial charge in [-0.2, -0.15) is 0 Å². The molecule has 1 atom stereocenters. The smallest absolute Gasteiger partial charge is 0.165 e. The number of benzene rings is 1. The van der Waals surface area contributed by atoms with E-state index in [-0.39, 0.29) is 5.75 Å². The highest BCUT2D eigenvalue weighted by atomic mass is 19.1. The molecule has 3 nitrogen and oxygen atoms in total. The molecule has 5 heteroatoms. The molecule has 19 heavy (non-hydrogen) atoms. The predicted octanol–water partition coefficient (Wildman–Crippen LogP) is 2.61. The van der Waals surface area contributed by atoms with Crippen LogP contribution in [0, 0.1) is 11.6 Å². The van der Waals surface area contributed by atoms with E-state index in [0.29, 0.717) is 12.1 Å². The molecule has 0 amide bonds. The monoisotopic (exact) mass is 264 g/mol. The van der Waals surface area contributed by atoms with Crippen molar-refractivity contribution >= 4 is 0 Å². The number of ether oxygens (including phenoxy) is 1. The number of nitrogens with two attached hydrogens (primary N) is 1. The Balaban J connectivity index is 2.12. The van der Waals surface area contributed by atoms with E-state index < -0.39 is 17.7 Å². The Hall–Kier alpha value is -2.01. The molecule has 0 spiro atoms.